The molecule has 0 radical (unpaired) electrons. The smallest absolute Gasteiger partial charge is 0.305 e. The Hall–Kier alpha value is -1.59. The molecule has 1 aromatic carbocycles. The van der Waals surface area contributed by atoms with Gasteiger partial charge in [-0.15, -0.1) is 12.4 Å². The number of nitrogens with one attached hydrogen (secondary N) is 1. The maximum Gasteiger partial charge on any atom is 0.305 e. The zero-order valence-electron chi connectivity index (χ0n) is 14.9. The summed E-state index contributed by atoms with van der Waals surface area (Å²) in [7, 11) is 1.39. The molecule has 2 rings (SSSR count). The summed E-state index contributed by atoms with van der Waals surface area (Å²) in [5.41, 5.74) is 7.75. The van der Waals surface area contributed by atoms with Gasteiger partial charge in [-0.05, 0) is 48.9 Å². The van der Waals surface area contributed by atoms with Crippen LogP contribution in [0.25, 0.3) is 0 Å². The lowest BCUT2D eigenvalue weighted by atomic mass is 9.71. The number of benzene rings is 1. The van der Waals surface area contributed by atoms with Crippen LogP contribution in [0.2, 0.25) is 0 Å². The molecule has 0 heterocycles. The summed E-state index contributed by atoms with van der Waals surface area (Å²) < 4.78 is 4.63. The van der Waals surface area contributed by atoms with Gasteiger partial charge < -0.3 is 15.8 Å². The number of aryl methyl sites for hydroxylation is 1. The molecule has 1 saturated carbocycles. The van der Waals surface area contributed by atoms with Crippen molar-refractivity contribution in [3.8, 4) is 0 Å². The van der Waals surface area contributed by atoms with Crippen molar-refractivity contribution in [3.05, 3.63) is 29.8 Å². The molecule has 0 saturated heterocycles. The first-order valence-corrected chi connectivity index (χ1v) is 8.73. The molecule has 1 aromatic rings. The van der Waals surface area contributed by atoms with E-state index in [1.165, 1.54) is 26.4 Å². The van der Waals surface area contributed by atoms with E-state index < -0.39 is 0 Å². The quantitative estimate of drug-likeness (QED) is 0.722. The van der Waals surface area contributed by atoms with Gasteiger partial charge in [0.2, 0.25) is 5.91 Å². The van der Waals surface area contributed by atoms with Crippen molar-refractivity contribution in [2.75, 3.05) is 19.0 Å². The number of esters is 1. The van der Waals surface area contributed by atoms with Crippen LogP contribution in [0.5, 0.6) is 0 Å². The van der Waals surface area contributed by atoms with Crippen molar-refractivity contribution in [2.24, 2.45) is 11.1 Å². The van der Waals surface area contributed by atoms with Gasteiger partial charge in [0.25, 0.3) is 0 Å². The molecule has 1 aliphatic carbocycles. The lowest BCUT2D eigenvalue weighted by molar-refractivity contribution is -0.140. The molecule has 6 heteroatoms. The van der Waals surface area contributed by atoms with Crippen molar-refractivity contribution in [2.45, 2.75) is 51.4 Å². The van der Waals surface area contributed by atoms with E-state index in [0.29, 0.717) is 25.8 Å². The summed E-state index contributed by atoms with van der Waals surface area (Å²) in [6, 6.07) is 7.61. The fourth-order valence-electron chi connectivity index (χ4n) is 3.40. The van der Waals surface area contributed by atoms with Crippen LogP contribution < -0.4 is 11.1 Å². The van der Waals surface area contributed by atoms with Gasteiger partial charge in [-0.3, -0.25) is 9.59 Å². The molecule has 1 amide bonds. The van der Waals surface area contributed by atoms with E-state index in [1.54, 1.807) is 0 Å². The summed E-state index contributed by atoms with van der Waals surface area (Å²) >= 11 is 0. The molecule has 0 atom stereocenters. The summed E-state index contributed by atoms with van der Waals surface area (Å²) in [5.74, 6) is -0.184. The standard InChI is InChI=1S/C19H28N2O3.ClH/c1-24-18(23)10-7-15-5-8-16(9-6-15)21-17(22)13-19(14-20)11-3-2-4-12-19;/h5-6,8-9H,2-4,7,10-14,20H2,1H3,(H,21,22);1H. The Bertz CT molecular complexity index is 554. The lowest BCUT2D eigenvalue weighted by Crippen LogP contribution is -2.36. The molecular weight excluding hydrogens is 340 g/mol. The van der Waals surface area contributed by atoms with Crippen molar-refractivity contribution in [3.63, 3.8) is 0 Å². The number of ether oxygens (including phenoxy) is 1. The van der Waals surface area contributed by atoms with E-state index in [0.717, 1.165) is 24.1 Å². The second-order valence-corrected chi connectivity index (χ2v) is 6.76. The van der Waals surface area contributed by atoms with Crippen LogP contribution in [0.1, 0.15) is 50.5 Å². The van der Waals surface area contributed by atoms with Gasteiger partial charge in [-0.25, -0.2) is 0 Å². The zero-order valence-corrected chi connectivity index (χ0v) is 15.7. The maximum atomic E-state index is 12.4. The molecule has 0 aromatic heterocycles. The van der Waals surface area contributed by atoms with Gasteiger partial charge in [0.15, 0.2) is 0 Å². The number of nitrogens with two attached hydrogens (primary N) is 1. The largest absolute Gasteiger partial charge is 0.469 e. The number of hydrogen-bond donors (Lipinski definition) is 2. The SMILES string of the molecule is COC(=O)CCc1ccc(NC(=O)CC2(CN)CCCCC2)cc1.Cl. The number of anilines is 1. The first kappa shape index (κ1) is 21.5. The number of rotatable bonds is 7. The highest BCUT2D eigenvalue weighted by molar-refractivity contribution is 5.91. The Morgan fingerprint density at radius 3 is 2.36 bits per heavy atom. The van der Waals surface area contributed by atoms with Gasteiger partial charge in [0.05, 0.1) is 7.11 Å². The molecule has 0 spiro atoms. The third-order valence-electron chi connectivity index (χ3n) is 4.97. The van der Waals surface area contributed by atoms with E-state index >= 15 is 0 Å². The van der Waals surface area contributed by atoms with E-state index in [4.69, 9.17) is 5.73 Å². The number of halogens is 1. The maximum absolute atomic E-state index is 12.4. The Morgan fingerprint density at radius 1 is 1.16 bits per heavy atom. The molecule has 5 nitrogen and oxygen atoms in total. The predicted molar refractivity (Wildman–Crippen MR) is 102 cm³/mol. The summed E-state index contributed by atoms with van der Waals surface area (Å²) in [6.45, 7) is 0.576. The van der Waals surface area contributed by atoms with Crippen LogP contribution >= 0.6 is 12.4 Å². The lowest BCUT2D eigenvalue weighted by Gasteiger charge is -2.35. The molecule has 1 fully saturated rings. The topological polar surface area (TPSA) is 81.4 Å². The second kappa shape index (κ2) is 10.4. The Labute approximate surface area is 156 Å². The third kappa shape index (κ3) is 6.67. The molecule has 0 unspecified atom stereocenters. The van der Waals surface area contributed by atoms with E-state index in [-0.39, 0.29) is 29.7 Å². The average molecular weight is 369 g/mol. The fourth-order valence-corrected chi connectivity index (χ4v) is 3.40. The minimum absolute atomic E-state index is 0. The van der Waals surface area contributed by atoms with Crippen LogP contribution in [-0.2, 0) is 20.7 Å². The Morgan fingerprint density at radius 2 is 1.80 bits per heavy atom. The van der Waals surface area contributed by atoms with Crippen molar-refractivity contribution < 1.29 is 14.3 Å². The van der Waals surface area contributed by atoms with Crippen molar-refractivity contribution >= 4 is 30.0 Å². The van der Waals surface area contributed by atoms with Crippen LogP contribution in [-0.4, -0.2) is 25.5 Å². The normalized spacial score (nSPS) is 15.8. The van der Waals surface area contributed by atoms with Gasteiger partial charge in [0.1, 0.15) is 0 Å². The fraction of sp³-hybridized carbons (Fsp3) is 0.579. The molecule has 3 N–H and O–H groups in total. The van der Waals surface area contributed by atoms with Crippen molar-refractivity contribution in [1.29, 1.82) is 0 Å². The second-order valence-electron chi connectivity index (χ2n) is 6.76. The van der Waals surface area contributed by atoms with E-state index in [2.05, 4.69) is 10.1 Å². The zero-order chi connectivity index (χ0) is 17.4. The highest BCUT2D eigenvalue weighted by Gasteiger charge is 2.32. The molecule has 0 aliphatic heterocycles. The highest BCUT2D eigenvalue weighted by atomic mass is 35.5. The Balaban J connectivity index is 0.00000312. The monoisotopic (exact) mass is 368 g/mol. The van der Waals surface area contributed by atoms with E-state index in [9.17, 15) is 9.59 Å². The number of hydrogen-bond acceptors (Lipinski definition) is 4. The summed E-state index contributed by atoms with van der Waals surface area (Å²) in [4.78, 5) is 23.5. The predicted octanol–water partition coefficient (Wildman–Crippen LogP) is 3.45. The summed E-state index contributed by atoms with van der Waals surface area (Å²) in [6.07, 6.45) is 7.16. The van der Waals surface area contributed by atoms with Gasteiger partial charge >= 0.3 is 5.97 Å². The Kier molecular flexibility index (Phi) is 8.93. The number of carbonyl (C=O) groups is 2. The molecule has 0 bridgehead atoms. The van der Waals surface area contributed by atoms with Crippen molar-refractivity contribution in [1.82, 2.24) is 0 Å². The molecule has 1 aliphatic rings. The third-order valence-corrected chi connectivity index (χ3v) is 4.97. The summed E-state index contributed by atoms with van der Waals surface area (Å²) in [5, 5.41) is 2.97. The molecule has 140 valence electrons. The van der Waals surface area contributed by atoms with Crippen LogP contribution in [0.4, 0.5) is 5.69 Å². The average Bonchev–Trinajstić information content (AvgIpc) is 2.61. The highest BCUT2D eigenvalue weighted by Crippen LogP contribution is 2.38. The minimum atomic E-state index is -0.216. The molecule has 25 heavy (non-hydrogen) atoms. The van der Waals surface area contributed by atoms with Gasteiger partial charge in [-0.2, -0.15) is 0 Å². The number of methoxy groups -OCH3 is 1. The van der Waals surface area contributed by atoms with Gasteiger partial charge in [0, 0.05) is 18.5 Å². The first-order chi connectivity index (χ1) is 11.6. The first-order valence-electron chi connectivity index (χ1n) is 8.73. The number of amides is 1. The number of carbonyl (C=O) groups excluding carboxylic acids is 2. The van der Waals surface area contributed by atoms with Crippen LogP contribution in [0, 0.1) is 5.41 Å². The van der Waals surface area contributed by atoms with Gasteiger partial charge in [-0.1, -0.05) is 31.4 Å². The van der Waals surface area contributed by atoms with E-state index in [1.807, 2.05) is 24.3 Å². The minimum Gasteiger partial charge on any atom is -0.469 e. The van der Waals surface area contributed by atoms with Crippen LogP contribution in [0.3, 0.4) is 0 Å². The molecular formula is C19H29ClN2O3. The van der Waals surface area contributed by atoms with Crippen LogP contribution in [0.15, 0.2) is 24.3 Å².